The molecular weight excluding hydrogens is 252 g/mol. The van der Waals surface area contributed by atoms with Gasteiger partial charge in [0, 0.05) is 10.4 Å². The molecule has 0 amide bonds. The lowest BCUT2D eigenvalue weighted by Gasteiger charge is -2.15. The van der Waals surface area contributed by atoms with Gasteiger partial charge in [-0.2, -0.15) is 0 Å². The maximum absolute atomic E-state index is 12.5. The van der Waals surface area contributed by atoms with Crippen LogP contribution in [0.25, 0.3) is 0 Å². The van der Waals surface area contributed by atoms with Crippen molar-refractivity contribution in [3.63, 3.8) is 0 Å². The standard InChI is InChI=1S/C17H20OS/c1-11-6-7-13(10-12(11)2)16(18)14-8-9-15(19-14)17(3,4)5/h6-10H,1-5H3. The van der Waals surface area contributed by atoms with Gasteiger partial charge in [-0.1, -0.05) is 32.9 Å². The highest BCUT2D eigenvalue weighted by Crippen LogP contribution is 2.30. The molecule has 0 fully saturated rings. The Morgan fingerprint density at radius 2 is 1.68 bits per heavy atom. The van der Waals surface area contributed by atoms with E-state index in [1.807, 2.05) is 31.2 Å². The first kappa shape index (κ1) is 14.0. The number of rotatable bonds is 2. The number of thiophene rings is 1. The normalized spacial score (nSPS) is 11.6. The lowest BCUT2D eigenvalue weighted by molar-refractivity contribution is 0.104. The fourth-order valence-corrected chi connectivity index (χ4v) is 2.91. The molecule has 0 saturated carbocycles. The molecule has 0 aliphatic rings. The van der Waals surface area contributed by atoms with Crippen LogP contribution in [0.2, 0.25) is 0 Å². The summed E-state index contributed by atoms with van der Waals surface area (Å²) in [6.07, 6.45) is 0. The van der Waals surface area contributed by atoms with Gasteiger partial charge < -0.3 is 0 Å². The molecule has 2 aromatic rings. The summed E-state index contributed by atoms with van der Waals surface area (Å²) in [6, 6.07) is 9.93. The number of ketones is 1. The fraction of sp³-hybridized carbons (Fsp3) is 0.353. The van der Waals surface area contributed by atoms with Gasteiger partial charge in [0.25, 0.3) is 0 Å². The molecule has 0 aliphatic carbocycles. The Kier molecular flexibility index (Phi) is 3.64. The van der Waals surface area contributed by atoms with Gasteiger partial charge >= 0.3 is 0 Å². The number of hydrogen-bond donors (Lipinski definition) is 0. The summed E-state index contributed by atoms with van der Waals surface area (Å²) in [6.45, 7) is 10.6. The predicted molar refractivity (Wildman–Crippen MR) is 82.4 cm³/mol. The minimum atomic E-state index is 0.104. The van der Waals surface area contributed by atoms with Crippen LogP contribution in [0, 0.1) is 13.8 Å². The average molecular weight is 272 g/mol. The molecule has 1 nitrogen and oxygen atoms in total. The van der Waals surface area contributed by atoms with E-state index in [2.05, 4.69) is 33.8 Å². The number of hydrogen-bond acceptors (Lipinski definition) is 2. The van der Waals surface area contributed by atoms with E-state index in [-0.39, 0.29) is 11.2 Å². The van der Waals surface area contributed by atoms with E-state index in [9.17, 15) is 4.79 Å². The van der Waals surface area contributed by atoms with Crippen LogP contribution in [-0.2, 0) is 5.41 Å². The lowest BCUT2D eigenvalue weighted by atomic mass is 9.95. The zero-order chi connectivity index (χ0) is 14.2. The Bertz CT molecular complexity index is 614. The Morgan fingerprint density at radius 3 is 2.21 bits per heavy atom. The first-order valence-electron chi connectivity index (χ1n) is 6.51. The van der Waals surface area contributed by atoms with Gasteiger partial charge in [-0.25, -0.2) is 0 Å². The molecular formula is C17H20OS. The number of benzene rings is 1. The van der Waals surface area contributed by atoms with E-state index in [1.165, 1.54) is 16.0 Å². The molecule has 19 heavy (non-hydrogen) atoms. The minimum Gasteiger partial charge on any atom is -0.288 e. The van der Waals surface area contributed by atoms with Crippen molar-refractivity contribution in [2.75, 3.05) is 0 Å². The topological polar surface area (TPSA) is 17.1 Å². The summed E-state index contributed by atoms with van der Waals surface area (Å²) in [5.74, 6) is 0.128. The SMILES string of the molecule is Cc1ccc(C(=O)c2ccc(C(C)(C)C)s2)cc1C. The minimum absolute atomic E-state index is 0.104. The summed E-state index contributed by atoms with van der Waals surface area (Å²) < 4.78 is 0. The van der Waals surface area contributed by atoms with Crippen molar-refractivity contribution in [1.29, 1.82) is 0 Å². The van der Waals surface area contributed by atoms with E-state index in [1.54, 1.807) is 11.3 Å². The summed E-state index contributed by atoms with van der Waals surface area (Å²) in [5, 5.41) is 0. The first-order chi connectivity index (χ1) is 8.79. The van der Waals surface area contributed by atoms with Crippen LogP contribution in [0.3, 0.4) is 0 Å². The van der Waals surface area contributed by atoms with Crippen LogP contribution in [0.1, 0.15) is 52.0 Å². The largest absolute Gasteiger partial charge is 0.288 e. The molecule has 0 unspecified atom stereocenters. The van der Waals surface area contributed by atoms with Crippen molar-refractivity contribution >= 4 is 17.1 Å². The highest BCUT2D eigenvalue weighted by Gasteiger charge is 2.19. The molecule has 1 aromatic carbocycles. The second-order valence-corrected chi connectivity index (χ2v) is 7.13. The maximum atomic E-state index is 12.5. The van der Waals surface area contributed by atoms with E-state index < -0.39 is 0 Å². The molecule has 0 spiro atoms. The first-order valence-corrected chi connectivity index (χ1v) is 7.33. The third-order valence-corrected chi connectivity index (χ3v) is 4.85. The Hall–Kier alpha value is -1.41. The Balaban J connectivity index is 2.34. The summed E-state index contributed by atoms with van der Waals surface area (Å²) in [4.78, 5) is 14.5. The Morgan fingerprint density at radius 1 is 1.00 bits per heavy atom. The molecule has 0 aliphatic heterocycles. The zero-order valence-corrected chi connectivity index (χ0v) is 13.0. The summed E-state index contributed by atoms with van der Waals surface area (Å²) >= 11 is 1.60. The number of carbonyl (C=O) groups is 1. The monoisotopic (exact) mass is 272 g/mol. The van der Waals surface area contributed by atoms with Crippen molar-refractivity contribution in [3.05, 3.63) is 56.8 Å². The van der Waals surface area contributed by atoms with E-state index in [0.717, 1.165) is 10.4 Å². The van der Waals surface area contributed by atoms with Crippen LogP contribution < -0.4 is 0 Å². The van der Waals surface area contributed by atoms with Gasteiger partial charge in [-0.3, -0.25) is 4.79 Å². The zero-order valence-electron chi connectivity index (χ0n) is 12.2. The van der Waals surface area contributed by atoms with Crippen molar-refractivity contribution in [2.45, 2.75) is 40.0 Å². The van der Waals surface area contributed by atoms with Crippen LogP contribution in [0.15, 0.2) is 30.3 Å². The van der Waals surface area contributed by atoms with Crippen molar-refractivity contribution < 1.29 is 4.79 Å². The number of carbonyl (C=O) groups excluding carboxylic acids is 1. The summed E-state index contributed by atoms with van der Waals surface area (Å²) in [7, 11) is 0. The highest BCUT2D eigenvalue weighted by atomic mass is 32.1. The van der Waals surface area contributed by atoms with Crippen molar-refractivity contribution in [3.8, 4) is 0 Å². The molecule has 2 heteroatoms. The van der Waals surface area contributed by atoms with Gasteiger partial charge in [0.2, 0.25) is 5.78 Å². The molecule has 100 valence electrons. The molecule has 1 aromatic heterocycles. The molecule has 0 atom stereocenters. The second-order valence-electron chi connectivity index (χ2n) is 6.04. The van der Waals surface area contributed by atoms with Crippen LogP contribution in [0.4, 0.5) is 0 Å². The Labute approximate surface area is 119 Å². The van der Waals surface area contributed by atoms with Crippen LogP contribution in [0.5, 0.6) is 0 Å². The highest BCUT2D eigenvalue weighted by molar-refractivity contribution is 7.14. The summed E-state index contributed by atoms with van der Waals surface area (Å²) in [5.41, 5.74) is 3.27. The molecule has 0 N–H and O–H groups in total. The van der Waals surface area contributed by atoms with E-state index >= 15 is 0 Å². The van der Waals surface area contributed by atoms with Crippen LogP contribution in [-0.4, -0.2) is 5.78 Å². The van der Waals surface area contributed by atoms with E-state index in [4.69, 9.17) is 0 Å². The van der Waals surface area contributed by atoms with Gasteiger partial charge in [0.1, 0.15) is 0 Å². The van der Waals surface area contributed by atoms with Gasteiger partial charge in [-0.05, 0) is 48.6 Å². The molecule has 0 bridgehead atoms. The third kappa shape index (κ3) is 2.95. The predicted octanol–water partition coefficient (Wildman–Crippen LogP) is 4.89. The maximum Gasteiger partial charge on any atom is 0.202 e. The molecule has 0 radical (unpaired) electrons. The van der Waals surface area contributed by atoms with Crippen molar-refractivity contribution in [1.82, 2.24) is 0 Å². The van der Waals surface area contributed by atoms with E-state index in [0.29, 0.717) is 0 Å². The third-order valence-electron chi connectivity index (χ3n) is 3.34. The van der Waals surface area contributed by atoms with Crippen molar-refractivity contribution in [2.24, 2.45) is 0 Å². The van der Waals surface area contributed by atoms with Crippen LogP contribution >= 0.6 is 11.3 Å². The number of aryl methyl sites for hydroxylation is 2. The average Bonchev–Trinajstić information content (AvgIpc) is 2.81. The fourth-order valence-electron chi connectivity index (χ4n) is 1.89. The molecule has 0 saturated heterocycles. The molecule has 2 rings (SSSR count). The molecule has 1 heterocycles. The quantitative estimate of drug-likeness (QED) is 0.711. The smallest absolute Gasteiger partial charge is 0.202 e. The van der Waals surface area contributed by atoms with Gasteiger partial charge in [-0.15, -0.1) is 11.3 Å². The second kappa shape index (κ2) is 4.93. The lowest BCUT2D eigenvalue weighted by Crippen LogP contribution is -2.08. The van der Waals surface area contributed by atoms with Gasteiger partial charge in [0.05, 0.1) is 4.88 Å². The van der Waals surface area contributed by atoms with Gasteiger partial charge in [0.15, 0.2) is 0 Å².